The largest absolute Gasteiger partial charge is 0.329 e. The third-order valence-corrected chi connectivity index (χ3v) is 6.69. The quantitative estimate of drug-likeness (QED) is 0.109. The van der Waals surface area contributed by atoms with Gasteiger partial charge < -0.3 is 5.73 Å². The highest BCUT2D eigenvalue weighted by Gasteiger charge is 2.12. The van der Waals surface area contributed by atoms with Gasteiger partial charge in [0, 0.05) is 32.7 Å². The number of hydrazine groups is 1. The topological polar surface area (TPSA) is 32.5 Å². The van der Waals surface area contributed by atoms with Gasteiger partial charge in [-0.1, -0.05) is 136 Å². The number of unbranched alkanes of at least 4 members (excludes halogenated alkanes) is 18. The molecule has 0 aliphatic rings. The molecular weight excluding hydrogens is 378 g/mol. The minimum Gasteiger partial charge on any atom is -0.329 e. The van der Waals surface area contributed by atoms with E-state index in [0.717, 1.165) is 19.6 Å². The average Bonchev–Trinajstić information content (AvgIpc) is 2.78. The third-order valence-electron chi connectivity index (χ3n) is 6.69. The van der Waals surface area contributed by atoms with Crippen LogP contribution in [-0.4, -0.2) is 42.7 Å². The van der Waals surface area contributed by atoms with Crippen LogP contribution in [0, 0.1) is 0 Å². The Labute approximate surface area is 197 Å². The van der Waals surface area contributed by atoms with Gasteiger partial charge in [0.05, 0.1) is 0 Å². The Bertz CT molecular complexity index is 297. The zero-order valence-corrected chi connectivity index (χ0v) is 22.1. The maximum Gasteiger partial charge on any atom is 0.0256 e. The first-order valence-electron chi connectivity index (χ1n) is 14.5. The molecule has 0 saturated heterocycles. The van der Waals surface area contributed by atoms with Gasteiger partial charge in [-0.2, -0.15) is 0 Å². The van der Waals surface area contributed by atoms with E-state index in [1.165, 1.54) is 142 Å². The van der Waals surface area contributed by atoms with Gasteiger partial charge in [-0.15, -0.1) is 0 Å². The zero-order chi connectivity index (χ0) is 22.8. The molecular formula is C28H61N3. The van der Waals surface area contributed by atoms with Crippen molar-refractivity contribution < 1.29 is 0 Å². The highest BCUT2D eigenvalue weighted by Crippen LogP contribution is 2.13. The van der Waals surface area contributed by atoms with Crippen LogP contribution in [0.1, 0.15) is 149 Å². The van der Waals surface area contributed by atoms with Gasteiger partial charge in [0.25, 0.3) is 0 Å². The number of likely N-dealkylation sites (N-methyl/N-ethyl adjacent to an activating group) is 1. The highest BCUT2D eigenvalue weighted by molar-refractivity contribution is 4.60. The monoisotopic (exact) mass is 439 g/mol. The summed E-state index contributed by atoms with van der Waals surface area (Å²) in [7, 11) is 0. The predicted molar refractivity (Wildman–Crippen MR) is 142 cm³/mol. The molecule has 0 fully saturated rings. The maximum atomic E-state index is 5.88. The fourth-order valence-corrected chi connectivity index (χ4v) is 4.61. The van der Waals surface area contributed by atoms with Crippen LogP contribution in [0.15, 0.2) is 0 Å². The van der Waals surface area contributed by atoms with Crippen LogP contribution in [0.3, 0.4) is 0 Å². The molecule has 188 valence electrons. The van der Waals surface area contributed by atoms with Crippen LogP contribution in [0.2, 0.25) is 0 Å². The summed E-state index contributed by atoms with van der Waals surface area (Å²) in [5, 5.41) is 5.13. The summed E-state index contributed by atoms with van der Waals surface area (Å²) in [5.74, 6) is 0. The number of hydrogen-bond acceptors (Lipinski definition) is 3. The van der Waals surface area contributed by atoms with Crippen molar-refractivity contribution in [2.24, 2.45) is 5.73 Å². The molecule has 2 N–H and O–H groups in total. The normalized spacial score (nSPS) is 11.8. The SMILES string of the molecule is CCCCCCCCCCCCN(CCCCCCCCCCCC)N(CC)CCN. The van der Waals surface area contributed by atoms with Crippen molar-refractivity contribution in [2.45, 2.75) is 149 Å². The summed E-state index contributed by atoms with van der Waals surface area (Å²) in [6.45, 7) is 12.2. The molecule has 0 spiro atoms. The molecule has 0 aliphatic carbocycles. The summed E-state index contributed by atoms with van der Waals surface area (Å²) in [6.07, 6.45) is 28.3. The Hall–Kier alpha value is -0.120. The lowest BCUT2D eigenvalue weighted by Crippen LogP contribution is -2.46. The summed E-state index contributed by atoms with van der Waals surface area (Å²) in [4.78, 5) is 0. The van der Waals surface area contributed by atoms with Crippen molar-refractivity contribution in [3.8, 4) is 0 Å². The number of hydrogen-bond donors (Lipinski definition) is 1. The second-order valence-electron chi connectivity index (χ2n) is 9.65. The highest BCUT2D eigenvalue weighted by atomic mass is 15.6. The molecule has 0 atom stereocenters. The minimum atomic E-state index is 0.764. The molecule has 0 unspecified atom stereocenters. The van der Waals surface area contributed by atoms with Crippen LogP contribution in [0.4, 0.5) is 0 Å². The molecule has 0 rings (SSSR count). The Morgan fingerprint density at radius 3 is 1.00 bits per heavy atom. The van der Waals surface area contributed by atoms with Crippen LogP contribution >= 0.6 is 0 Å². The lowest BCUT2D eigenvalue weighted by molar-refractivity contribution is -0.0211. The first-order chi connectivity index (χ1) is 15.3. The van der Waals surface area contributed by atoms with Crippen LogP contribution in [0.5, 0.6) is 0 Å². The Kier molecular flexibility index (Phi) is 26.0. The second kappa shape index (κ2) is 26.1. The predicted octanol–water partition coefficient (Wildman–Crippen LogP) is 8.33. The fraction of sp³-hybridized carbons (Fsp3) is 1.00. The number of rotatable bonds is 26. The van der Waals surface area contributed by atoms with Crippen molar-refractivity contribution >= 4 is 0 Å². The lowest BCUT2D eigenvalue weighted by Gasteiger charge is -2.34. The second-order valence-corrected chi connectivity index (χ2v) is 9.65. The minimum absolute atomic E-state index is 0.764. The molecule has 0 aliphatic heterocycles. The lowest BCUT2D eigenvalue weighted by atomic mass is 10.1. The smallest absolute Gasteiger partial charge is 0.0256 e. The van der Waals surface area contributed by atoms with E-state index < -0.39 is 0 Å². The standard InChI is InChI=1S/C28H61N3/c1-4-7-9-11-13-15-17-19-21-23-26-31(30(6-3)28-25-29)27-24-22-20-18-16-14-12-10-8-5-2/h4-29H2,1-3H3. The first kappa shape index (κ1) is 30.9. The number of nitrogens with two attached hydrogens (primary N) is 1. The molecule has 0 heterocycles. The van der Waals surface area contributed by atoms with Gasteiger partial charge in [-0.3, -0.25) is 0 Å². The van der Waals surface area contributed by atoms with E-state index in [-0.39, 0.29) is 0 Å². The van der Waals surface area contributed by atoms with Gasteiger partial charge in [-0.25, -0.2) is 10.0 Å². The van der Waals surface area contributed by atoms with E-state index in [1.807, 2.05) is 0 Å². The molecule has 3 heteroatoms. The molecule has 0 saturated carbocycles. The molecule has 0 aromatic heterocycles. The molecule has 0 aromatic rings. The van der Waals surface area contributed by atoms with Gasteiger partial charge in [-0.05, 0) is 12.8 Å². The van der Waals surface area contributed by atoms with Gasteiger partial charge >= 0.3 is 0 Å². The molecule has 31 heavy (non-hydrogen) atoms. The molecule has 3 nitrogen and oxygen atoms in total. The summed E-state index contributed by atoms with van der Waals surface area (Å²) < 4.78 is 0. The van der Waals surface area contributed by atoms with Gasteiger partial charge in [0.2, 0.25) is 0 Å². The third kappa shape index (κ3) is 21.5. The van der Waals surface area contributed by atoms with Crippen molar-refractivity contribution in [2.75, 3.05) is 32.7 Å². The van der Waals surface area contributed by atoms with E-state index >= 15 is 0 Å². The Morgan fingerprint density at radius 1 is 0.387 bits per heavy atom. The Morgan fingerprint density at radius 2 is 0.710 bits per heavy atom. The van der Waals surface area contributed by atoms with Crippen molar-refractivity contribution in [3.63, 3.8) is 0 Å². The molecule has 0 aromatic carbocycles. The van der Waals surface area contributed by atoms with Crippen molar-refractivity contribution in [1.29, 1.82) is 0 Å². The van der Waals surface area contributed by atoms with Crippen LogP contribution in [0.25, 0.3) is 0 Å². The van der Waals surface area contributed by atoms with Crippen molar-refractivity contribution in [3.05, 3.63) is 0 Å². The van der Waals surface area contributed by atoms with Crippen LogP contribution in [-0.2, 0) is 0 Å². The first-order valence-corrected chi connectivity index (χ1v) is 14.5. The molecule has 0 amide bonds. The summed E-state index contributed by atoms with van der Waals surface area (Å²) in [5.41, 5.74) is 5.88. The summed E-state index contributed by atoms with van der Waals surface area (Å²) >= 11 is 0. The Balaban J connectivity index is 3.84. The summed E-state index contributed by atoms with van der Waals surface area (Å²) in [6, 6.07) is 0. The van der Waals surface area contributed by atoms with Crippen molar-refractivity contribution in [1.82, 2.24) is 10.0 Å². The van der Waals surface area contributed by atoms with Gasteiger partial charge in [0.15, 0.2) is 0 Å². The zero-order valence-electron chi connectivity index (χ0n) is 22.1. The van der Waals surface area contributed by atoms with Crippen LogP contribution < -0.4 is 5.73 Å². The number of nitrogens with zero attached hydrogens (tertiary/aromatic N) is 2. The van der Waals surface area contributed by atoms with E-state index in [2.05, 4.69) is 30.8 Å². The molecule has 0 radical (unpaired) electrons. The van der Waals surface area contributed by atoms with E-state index in [4.69, 9.17) is 5.73 Å². The van der Waals surface area contributed by atoms with E-state index in [0.29, 0.717) is 0 Å². The van der Waals surface area contributed by atoms with E-state index in [1.54, 1.807) is 0 Å². The average molecular weight is 440 g/mol. The van der Waals surface area contributed by atoms with E-state index in [9.17, 15) is 0 Å². The van der Waals surface area contributed by atoms with Gasteiger partial charge in [0.1, 0.15) is 0 Å². The molecule has 0 bridgehead atoms. The maximum absolute atomic E-state index is 5.88. The fourth-order valence-electron chi connectivity index (χ4n) is 4.61.